The molecule has 3 rings (SSSR count). The highest BCUT2D eigenvalue weighted by Crippen LogP contribution is 2.20. The number of guanidine groups is 1. The molecule has 1 saturated heterocycles. The summed E-state index contributed by atoms with van der Waals surface area (Å²) >= 11 is 1.66. The number of hydrogen-bond donors (Lipinski definition) is 1. The molecule has 1 aromatic heterocycles. The third kappa shape index (κ3) is 5.94. The lowest BCUT2D eigenvalue weighted by Crippen LogP contribution is -2.40. The summed E-state index contributed by atoms with van der Waals surface area (Å²) in [6.07, 6.45) is 1.14. The molecule has 2 heterocycles. The zero-order chi connectivity index (χ0) is 19.8. The van der Waals surface area contributed by atoms with E-state index in [1.807, 2.05) is 25.1 Å². The topological polar surface area (TPSA) is 53.0 Å². The maximum Gasteiger partial charge on any atom is 0.194 e. The van der Waals surface area contributed by atoms with Gasteiger partial charge in [-0.3, -0.25) is 0 Å². The van der Waals surface area contributed by atoms with Gasteiger partial charge in [-0.05, 0) is 18.9 Å². The van der Waals surface area contributed by atoms with E-state index >= 15 is 0 Å². The lowest BCUT2D eigenvalue weighted by Gasteiger charge is -2.21. The smallest absolute Gasteiger partial charge is 0.194 e. The molecule has 1 unspecified atom stereocenters. The normalized spacial score (nSPS) is 17.2. The Bertz CT molecular complexity index is 746. The zero-order valence-electron chi connectivity index (χ0n) is 17.1. The second-order valence-corrected chi connectivity index (χ2v) is 8.12. The Hall–Kier alpha value is -2.12. The summed E-state index contributed by atoms with van der Waals surface area (Å²) in [5, 5.41) is 6.54. The van der Waals surface area contributed by atoms with Crippen LogP contribution in [0.3, 0.4) is 0 Å². The van der Waals surface area contributed by atoms with E-state index in [0.717, 1.165) is 49.4 Å². The molecule has 0 bridgehead atoms. The largest absolute Gasteiger partial charge is 0.376 e. The summed E-state index contributed by atoms with van der Waals surface area (Å²) in [6, 6.07) is 10.4. The number of ether oxygens (including phenoxy) is 1. The van der Waals surface area contributed by atoms with Gasteiger partial charge in [-0.1, -0.05) is 30.3 Å². The zero-order valence-corrected chi connectivity index (χ0v) is 17.9. The molecule has 0 aliphatic carbocycles. The molecule has 0 saturated carbocycles. The molecule has 1 fully saturated rings. The molecule has 1 aliphatic heterocycles. The van der Waals surface area contributed by atoms with Gasteiger partial charge in [0.1, 0.15) is 0 Å². The first-order chi connectivity index (χ1) is 13.7. The average molecular weight is 402 g/mol. The van der Waals surface area contributed by atoms with Gasteiger partial charge in [0.2, 0.25) is 0 Å². The van der Waals surface area contributed by atoms with E-state index in [2.05, 4.69) is 51.8 Å². The highest BCUT2D eigenvalue weighted by Gasteiger charge is 2.25. The van der Waals surface area contributed by atoms with Crippen molar-refractivity contribution in [1.29, 1.82) is 0 Å². The lowest BCUT2D eigenvalue weighted by atomic mass is 10.1. The van der Waals surface area contributed by atoms with Crippen LogP contribution in [0.4, 0.5) is 5.13 Å². The van der Waals surface area contributed by atoms with E-state index in [1.54, 1.807) is 11.3 Å². The molecule has 152 valence electrons. The van der Waals surface area contributed by atoms with Crippen molar-refractivity contribution >= 4 is 22.4 Å². The van der Waals surface area contributed by atoms with E-state index in [1.165, 1.54) is 5.56 Å². The van der Waals surface area contributed by atoms with Crippen molar-refractivity contribution in [3.63, 3.8) is 0 Å². The molecule has 2 aromatic rings. The van der Waals surface area contributed by atoms with Gasteiger partial charge in [0.05, 0.1) is 25.5 Å². The van der Waals surface area contributed by atoms with Crippen molar-refractivity contribution in [2.75, 3.05) is 45.2 Å². The third-order valence-corrected chi connectivity index (χ3v) is 5.76. The fourth-order valence-corrected chi connectivity index (χ4v) is 3.98. The molecule has 1 aliphatic rings. The number of hydrogen-bond acceptors (Lipinski definition) is 5. The molecule has 7 heteroatoms. The first-order valence-corrected chi connectivity index (χ1v) is 10.8. The number of anilines is 1. The summed E-state index contributed by atoms with van der Waals surface area (Å²) < 4.78 is 5.95. The summed E-state index contributed by atoms with van der Waals surface area (Å²) in [4.78, 5) is 13.8. The standard InChI is InChI=1S/C21H31N5OS/c1-4-22-20(23-12-19-16-28-21(24-19)25(2)3)26-11-10-18(13-26)15-27-14-17-8-6-5-7-9-17/h5-9,16,18H,4,10-15H2,1-3H3,(H,22,23). The number of likely N-dealkylation sites (tertiary alicyclic amines) is 1. The fourth-order valence-electron chi connectivity index (χ4n) is 3.23. The number of benzene rings is 1. The van der Waals surface area contributed by atoms with Crippen molar-refractivity contribution < 1.29 is 4.74 Å². The van der Waals surface area contributed by atoms with Crippen LogP contribution in [0.2, 0.25) is 0 Å². The average Bonchev–Trinajstić information content (AvgIpc) is 3.36. The third-order valence-electron chi connectivity index (χ3n) is 4.70. The highest BCUT2D eigenvalue weighted by atomic mass is 32.1. The van der Waals surface area contributed by atoms with Crippen LogP contribution in [0.25, 0.3) is 0 Å². The van der Waals surface area contributed by atoms with Crippen molar-refractivity contribution in [3.8, 4) is 0 Å². The molecule has 1 aromatic carbocycles. The summed E-state index contributed by atoms with van der Waals surface area (Å²) in [6.45, 7) is 7.07. The molecular formula is C21H31N5OS. The van der Waals surface area contributed by atoms with Gasteiger partial charge in [0, 0.05) is 45.0 Å². The van der Waals surface area contributed by atoms with Crippen molar-refractivity contribution in [2.45, 2.75) is 26.5 Å². The Morgan fingerprint density at radius 1 is 1.36 bits per heavy atom. The molecule has 0 radical (unpaired) electrons. The van der Waals surface area contributed by atoms with Gasteiger partial charge in [0.15, 0.2) is 11.1 Å². The molecule has 0 spiro atoms. The van der Waals surface area contributed by atoms with Crippen LogP contribution in [0.5, 0.6) is 0 Å². The lowest BCUT2D eigenvalue weighted by molar-refractivity contribution is 0.0906. The SMILES string of the molecule is CCNC(=NCc1csc(N(C)C)n1)N1CCC(COCc2ccccc2)C1. The van der Waals surface area contributed by atoms with Crippen LogP contribution in [-0.2, 0) is 17.9 Å². The van der Waals surface area contributed by atoms with Gasteiger partial charge in [-0.2, -0.15) is 0 Å². The van der Waals surface area contributed by atoms with Crippen LogP contribution in [0.15, 0.2) is 40.7 Å². The minimum absolute atomic E-state index is 0.548. The quantitative estimate of drug-likeness (QED) is 0.544. The number of nitrogens with zero attached hydrogens (tertiary/aromatic N) is 4. The minimum Gasteiger partial charge on any atom is -0.376 e. The second kappa shape index (κ2) is 10.4. The molecule has 6 nitrogen and oxygen atoms in total. The maximum atomic E-state index is 5.95. The van der Waals surface area contributed by atoms with Crippen LogP contribution in [0.1, 0.15) is 24.6 Å². The van der Waals surface area contributed by atoms with Gasteiger partial charge in [0.25, 0.3) is 0 Å². The Morgan fingerprint density at radius 3 is 2.89 bits per heavy atom. The predicted molar refractivity (Wildman–Crippen MR) is 117 cm³/mol. The maximum absolute atomic E-state index is 5.95. The second-order valence-electron chi connectivity index (χ2n) is 7.29. The van der Waals surface area contributed by atoms with E-state index in [4.69, 9.17) is 9.73 Å². The highest BCUT2D eigenvalue weighted by molar-refractivity contribution is 7.13. The molecule has 1 N–H and O–H groups in total. The van der Waals surface area contributed by atoms with E-state index in [0.29, 0.717) is 19.1 Å². The molecule has 0 amide bonds. The monoisotopic (exact) mass is 401 g/mol. The Kier molecular flexibility index (Phi) is 7.68. The van der Waals surface area contributed by atoms with Crippen LogP contribution in [0, 0.1) is 5.92 Å². The van der Waals surface area contributed by atoms with Crippen molar-refractivity contribution in [3.05, 3.63) is 47.0 Å². The van der Waals surface area contributed by atoms with Crippen molar-refractivity contribution in [1.82, 2.24) is 15.2 Å². The Morgan fingerprint density at radius 2 is 2.18 bits per heavy atom. The number of thiazole rings is 1. The Balaban J connectivity index is 1.49. The van der Waals surface area contributed by atoms with Crippen LogP contribution in [-0.4, -0.2) is 56.2 Å². The van der Waals surface area contributed by atoms with Crippen LogP contribution >= 0.6 is 11.3 Å². The molecule has 1 atom stereocenters. The van der Waals surface area contributed by atoms with E-state index in [9.17, 15) is 0 Å². The fraction of sp³-hybridized carbons (Fsp3) is 0.524. The predicted octanol–water partition coefficient (Wildman–Crippen LogP) is 3.21. The van der Waals surface area contributed by atoms with Gasteiger partial charge >= 0.3 is 0 Å². The van der Waals surface area contributed by atoms with Gasteiger partial charge in [-0.15, -0.1) is 11.3 Å². The number of nitrogens with one attached hydrogen (secondary N) is 1. The van der Waals surface area contributed by atoms with E-state index < -0.39 is 0 Å². The number of rotatable bonds is 8. The molecule has 28 heavy (non-hydrogen) atoms. The Labute approximate surface area is 172 Å². The van der Waals surface area contributed by atoms with E-state index in [-0.39, 0.29) is 0 Å². The summed E-state index contributed by atoms with van der Waals surface area (Å²) in [7, 11) is 4.03. The van der Waals surface area contributed by atoms with Crippen LogP contribution < -0.4 is 10.2 Å². The number of aromatic nitrogens is 1. The van der Waals surface area contributed by atoms with Crippen molar-refractivity contribution in [2.24, 2.45) is 10.9 Å². The number of aliphatic imine (C=N–C) groups is 1. The van der Waals surface area contributed by atoms with Gasteiger partial charge < -0.3 is 19.9 Å². The summed E-state index contributed by atoms with van der Waals surface area (Å²) in [5.41, 5.74) is 2.25. The first kappa shape index (κ1) is 20.6. The molecular weight excluding hydrogens is 370 g/mol. The van der Waals surface area contributed by atoms with Gasteiger partial charge in [-0.25, -0.2) is 9.98 Å². The first-order valence-electron chi connectivity index (χ1n) is 9.92. The minimum atomic E-state index is 0.548. The summed E-state index contributed by atoms with van der Waals surface area (Å²) in [5.74, 6) is 1.53.